The van der Waals surface area contributed by atoms with Gasteiger partial charge in [-0.3, -0.25) is 0 Å². The fourth-order valence-corrected chi connectivity index (χ4v) is 1.02. The highest BCUT2D eigenvalue weighted by Gasteiger charge is 2.09. The first kappa shape index (κ1) is 10.5. The van der Waals surface area contributed by atoms with Crippen LogP contribution in [-0.4, -0.2) is 12.3 Å². The van der Waals surface area contributed by atoms with Gasteiger partial charge < -0.3 is 4.84 Å². The summed E-state index contributed by atoms with van der Waals surface area (Å²) >= 11 is 0. The van der Waals surface area contributed by atoms with Gasteiger partial charge >= 0.3 is 0 Å². The first-order valence-corrected chi connectivity index (χ1v) is 4.29. The minimum Gasteiger partial charge on any atom is -0.396 e. The highest BCUT2D eigenvalue weighted by atomic mass is 16.6. The number of hydrogen-bond acceptors (Lipinski definition) is 2. The number of rotatable bonds is 4. The molecule has 2 nitrogen and oxygen atoms in total. The van der Waals surface area contributed by atoms with Crippen LogP contribution in [0.3, 0.4) is 0 Å². The Kier molecular flexibility index (Phi) is 4.92. The molecule has 0 unspecified atom stereocenters. The van der Waals surface area contributed by atoms with E-state index in [9.17, 15) is 0 Å². The van der Waals surface area contributed by atoms with Gasteiger partial charge in [0, 0.05) is 0 Å². The van der Waals surface area contributed by atoms with Crippen LogP contribution in [0.15, 0.2) is 5.16 Å². The van der Waals surface area contributed by atoms with Gasteiger partial charge in [0.1, 0.15) is 6.61 Å². The molecule has 0 amide bonds. The average Bonchev–Trinajstić information content (AvgIpc) is 1.87. The van der Waals surface area contributed by atoms with Crippen molar-refractivity contribution in [2.24, 2.45) is 17.0 Å². The SMILES string of the molecule is CCON=C(C(C)C)C(C)C. The standard InChI is InChI=1S/C9H19NO/c1-6-11-10-9(7(2)3)8(4)5/h7-8H,6H2,1-5H3. The number of nitrogens with zero attached hydrogens (tertiary/aromatic N) is 1. The van der Waals surface area contributed by atoms with Gasteiger partial charge in [0.2, 0.25) is 0 Å². The van der Waals surface area contributed by atoms with Crippen LogP contribution in [0.1, 0.15) is 34.6 Å². The highest BCUT2D eigenvalue weighted by Crippen LogP contribution is 2.07. The minimum atomic E-state index is 0.488. The number of hydrogen-bond donors (Lipinski definition) is 0. The lowest BCUT2D eigenvalue weighted by Crippen LogP contribution is -2.15. The second-order valence-corrected chi connectivity index (χ2v) is 3.24. The molecule has 0 saturated carbocycles. The van der Waals surface area contributed by atoms with Crippen molar-refractivity contribution >= 4 is 5.71 Å². The molecule has 0 aliphatic heterocycles. The van der Waals surface area contributed by atoms with E-state index in [2.05, 4.69) is 32.9 Å². The van der Waals surface area contributed by atoms with E-state index >= 15 is 0 Å². The molecule has 11 heavy (non-hydrogen) atoms. The van der Waals surface area contributed by atoms with E-state index in [1.807, 2.05) is 6.92 Å². The maximum atomic E-state index is 5.01. The molecule has 2 heteroatoms. The summed E-state index contributed by atoms with van der Waals surface area (Å²) in [4.78, 5) is 5.01. The third kappa shape index (κ3) is 4.02. The monoisotopic (exact) mass is 157 g/mol. The van der Waals surface area contributed by atoms with Crippen molar-refractivity contribution in [2.45, 2.75) is 34.6 Å². The second kappa shape index (κ2) is 5.16. The van der Waals surface area contributed by atoms with Crippen molar-refractivity contribution in [3.63, 3.8) is 0 Å². The summed E-state index contributed by atoms with van der Waals surface area (Å²) < 4.78 is 0. The molecule has 0 aromatic carbocycles. The van der Waals surface area contributed by atoms with Crippen LogP contribution in [-0.2, 0) is 4.84 Å². The zero-order valence-electron chi connectivity index (χ0n) is 8.22. The van der Waals surface area contributed by atoms with E-state index in [1.165, 1.54) is 0 Å². The van der Waals surface area contributed by atoms with Crippen LogP contribution in [0.5, 0.6) is 0 Å². The van der Waals surface area contributed by atoms with E-state index < -0.39 is 0 Å². The van der Waals surface area contributed by atoms with Crippen LogP contribution in [0.25, 0.3) is 0 Å². The molecule has 66 valence electrons. The molecule has 0 rings (SSSR count). The van der Waals surface area contributed by atoms with Crippen LogP contribution < -0.4 is 0 Å². The minimum absolute atomic E-state index is 0.488. The van der Waals surface area contributed by atoms with Crippen molar-refractivity contribution in [1.82, 2.24) is 0 Å². The van der Waals surface area contributed by atoms with Crippen LogP contribution in [0.2, 0.25) is 0 Å². The highest BCUT2D eigenvalue weighted by molar-refractivity contribution is 5.87. The van der Waals surface area contributed by atoms with E-state index in [0.29, 0.717) is 18.4 Å². The Morgan fingerprint density at radius 2 is 1.64 bits per heavy atom. The van der Waals surface area contributed by atoms with Crippen LogP contribution in [0, 0.1) is 11.8 Å². The zero-order valence-corrected chi connectivity index (χ0v) is 8.22. The lowest BCUT2D eigenvalue weighted by molar-refractivity contribution is 0.155. The van der Waals surface area contributed by atoms with Gasteiger partial charge in [-0.25, -0.2) is 0 Å². The first-order chi connectivity index (χ1) is 5.09. The number of oxime groups is 1. The molecular weight excluding hydrogens is 138 g/mol. The maximum absolute atomic E-state index is 5.01. The Balaban J connectivity index is 4.09. The molecule has 0 aliphatic rings. The third-order valence-electron chi connectivity index (χ3n) is 1.48. The Hall–Kier alpha value is -0.530. The van der Waals surface area contributed by atoms with Crippen molar-refractivity contribution in [1.29, 1.82) is 0 Å². The predicted molar refractivity (Wildman–Crippen MR) is 48.7 cm³/mol. The lowest BCUT2D eigenvalue weighted by atomic mass is 9.98. The van der Waals surface area contributed by atoms with Crippen molar-refractivity contribution in [2.75, 3.05) is 6.61 Å². The predicted octanol–water partition coefficient (Wildman–Crippen LogP) is 2.69. The van der Waals surface area contributed by atoms with Gasteiger partial charge in [-0.05, 0) is 18.8 Å². The van der Waals surface area contributed by atoms with Crippen molar-refractivity contribution in [3.05, 3.63) is 0 Å². The first-order valence-electron chi connectivity index (χ1n) is 4.29. The maximum Gasteiger partial charge on any atom is 0.114 e. The van der Waals surface area contributed by atoms with Crippen molar-refractivity contribution < 1.29 is 4.84 Å². The molecule has 0 spiro atoms. The van der Waals surface area contributed by atoms with Gasteiger partial charge in [0.25, 0.3) is 0 Å². The smallest absolute Gasteiger partial charge is 0.114 e. The summed E-state index contributed by atoms with van der Waals surface area (Å²) in [5, 5.41) is 4.06. The molecule has 0 aromatic rings. The van der Waals surface area contributed by atoms with Gasteiger partial charge in [0.05, 0.1) is 5.71 Å². The topological polar surface area (TPSA) is 21.6 Å². The molecule has 0 aliphatic carbocycles. The van der Waals surface area contributed by atoms with Crippen molar-refractivity contribution in [3.8, 4) is 0 Å². The van der Waals surface area contributed by atoms with E-state index in [0.717, 1.165) is 5.71 Å². The average molecular weight is 157 g/mol. The summed E-state index contributed by atoms with van der Waals surface area (Å²) in [5.74, 6) is 0.975. The lowest BCUT2D eigenvalue weighted by Gasteiger charge is -2.12. The van der Waals surface area contributed by atoms with E-state index in [1.54, 1.807) is 0 Å². The van der Waals surface area contributed by atoms with E-state index in [4.69, 9.17) is 4.84 Å². The molecule has 0 fully saturated rings. The van der Waals surface area contributed by atoms with E-state index in [-0.39, 0.29) is 0 Å². The third-order valence-corrected chi connectivity index (χ3v) is 1.48. The molecular formula is C9H19NO. The summed E-state index contributed by atoms with van der Waals surface area (Å²) in [5.41, 5.74) is 1.15. The van der Waals surface area contributed by atoms with Gasteiger partial charge in [-0.1, -0.05) is 32.9 Å². The molecule has 0 heterocycles. The summed E-state index contributed by atoms with van der Waals surface area (Å²) in [6, 6.07) is 0. The fraction of sp³-hybridized carbons (Fsp3) is 0.889. The largest absolute Gasteiger partial charge is 0.396 e. The Labute approximate surface area is 69.6 Å². The normalized spacial score (nSPS) is 10.5. The Morgan fingerprint density at radius 3 is 1.91 bits per heavy atom. The zero-order chi connectivity index (χ0) is 8.85. The fourth-order valence-electron chi connectivity index (χ4n) is 1.02. The van der Waals surface area contributed by atoms with Crippen LogP contribution in [0.4, 0.5) is 0 Å². The molecule has 0 radical (unpaired) electrons. The summed E-state index contributed by atoms with van der Waals surface area (Å²) in [6.45, 7) is 11.1. The van der Waals surface area contributed by atoms with Gasteiger partial charge in [-0.2, -0.15) is 0 Å². The van der Waals surface area contributed by atoms with Crippen LogP contribution >= 0.6 is 0 Å². The summed E-state index contributed by atoms with van der Waals surface area (Å²) in [6.07, 6.45) is 0. The second-order valence-electron chi connectivity index (χ2n) is 3.24. The molecule has 0 aromatic heterocycles. The molecule has 0 N–H and O–H groups in total. The molecule has 0 bridgehead atoms. The summed E-state index contributed by atoms with van der Waals surface area (Å²) in [7, 11) is 0. The Morgan fingerprint density at radius 1 is 1.18 bits per heavy atom. The van der Waals surface area contributed by atoms with Gasteiger partial charge in [0.15, 0.2) is 0 Å². The van der Waals surface area contributed by atoms with Gasteiger partial charge in [-0.15, -0.1) is 0 Å². The Bertz CT molecular complexity index is 118. The molecule has 0 atom stereocenters. The molecule has 0 saturated heterocycles. The quantitative estimate of drug-likeness (QED) is 0.454.